The number of hydrogen-bond donors (Lipinski definition) is 2. The van der Waals surface area contributed by atoms with E-state index in [9.17, 15) is 4.79 Å². The number of nitrogens with one attached hydrogen (secondary N) is 2. The summed E-state index contributed by atoms with van der Waals surface area (Å²) in [7, 11) is 0. The van der Waals surface area contributed by atoms with Crippen molar-refractivity contribution in [3.63, 3.8) is 0 Å². The van der Waals surface area contributed by atoms with Crippen LogP contribution in [0.4, 0.5) is 0 Å². The summed E-state index contributed by atoms with van der Waals surface area (Å²) in [6.07, 6.45) is 5.21. The summed E-state index contributed by atoms with van der Waals surface area (Å²) in [6.45, 7) is 11.2. The predicted octanol–water partition coefficient (Wildman–Crippen LogP) is 2.85. The van der Waals surface area contributed by atoms with E-state index in [1.54, 1.807) is 0 Å². The van der Waals surface area contributed by atoms with Gasteiger partial charge in [0.15, 0.2) is 0 Å². The molecule has 0 spiro atoms. The first kappa shape index (κ1) is 16.4. The molecule has 0 fully saturated rings. The molecule has 3 heteroatoms. The van der Waals surface area contributed by atoms with Crippen LogP contribution in [0.2, 0.25) is 0 Å². The van der Waals surface area contributed by atoms with E-state index in [0.29, 0.717) is 12.6 Å². The predicted molar refractivity (Wildman–Crippen MR) is 74.1 cm³/mol. The normalized spacial score (nSPS) is 11.9. The van der Waals surface area contributed by atoms with Crippen LogP contribution in [0.25, 0.3) is 0 Å². The van der Waals surface area contributed by atoms with E-state index in [2.05, 4.69) is 45.3 Å². The lowest BCUT2D eigenvalue weighted by Gasteiger charge is -2.32. The minimum absolute atomic E-state index is 0.124. The van der Waals surface area contributed by atoms with E-state index in [1.807, 2.05) is 0 Å². The Kier molecular flexibility index (Phi) is 8.23. The highest BCUT2D eigenvalue weighted by Gasteiger charge is 2.23. The van der Waals surface area contributed by atoms with Crippen LogP contribution < -0.4 is 10.6 Å². The Morgan fingerprint density at radius 2 is 1.47 bits per heavy atom. The van der Waals surface area contributed by atoms with Crippen LogP contribution in [0.15, 0.2) is 0 Å². The Labute approximate surface area is 107 Å². The molecule has 102 valence electrons. The van der Waals surface area contributed by atoms with Crippen molar-refractivity contribution in [1.82, 2.24) is 10.6 Å². The number of amides is 1. The smallest absolute Gasteiger partial charge is 0.234 e. The fourth-order valence-electron chi connectivity index (χ4n) is 2.16. The largest absolute Gasteiger partial charge is 0.352 e. The molecule has 0 aliphatic carbocycles. The van der Waals surface area contributed by atoms with Crippen molar-refractivity contribution in [1.29, 1.82) is 0 Å². The Bertz CT molecular complexity index is 200. The lowest BCUT2D eigenvalue weighted by Crippen LogP contribution is -2.49. The van der Waals surface area contributed by atoms with Gasteiger partial charge in [-0.05, 0) is 32.1 Å². The topological polar surface area (TPSA) is 41.1 Å². The second-order valence-corrected chi connectivity index (χ2v) is 4.78. The standard InChI is InChI=1S/C14H30N2O/c1-6-12(7-2)16-13(17)11-15-14(8-3,9-4)10-5/h12,15H,6-11H2,1-5H3,(H,16,17). The first-order chi connectivity index (χ1) is 8.07. The molecular weight excluding hydrogens is 212 g/mol. The number of carbonyl (C=O) groups is 1. The highest BCUT2D eigenvalue weighted by atomic mass is 16.2. The van der Waals surface area contributed by atoms with Gasteiger partial charge < -0.3 is 10.6 Å². The van der Waals surface area contributed by atoms with Gasteiger partial charge in [0.05, 0.1) is 6.54 Å². The minimum atomic E-state index is 0.124. The van der Waals surface area contributed by atoms with Gasteiger partial charge in [-0.1, -0.05) is 34.6 Å². The lowest BCUT2D eigenvalue weighted by atomic mass is 9.90. The van der Waals surface area contributed by atoms with Crippen molar-refractivity contribution in [3.05, 3.63) is 0 Å². The van der Waals surface area contributed by atoms with Gasteiger partial charge >= 0.3 is 0 Å². The third-order valence-corrected chi connectivity index (χ3v) is 4.00. The molecule has 0 aromatic rings. The molecule has 0 saturated carbocycles. The molecule has 0 aliphatic rings. The fourth-order valence-corrected chi connectivity index (χ4v) is 2.16. The summed E-state index contributed by atoms with van der Waals surface area (Å²) in [6, 6.07) is 0.323. The molecule has 2 N–H and O–H groups in total. The van der Waals surface area contributed by atoms with Crippen LogP contribution in [0, 0.1) is 0 Å². The summed E-state index contributed by atoms with van der Waals surface area (Å²) < 4.78 is 0. The maximum absolute atomic E-state index is 11.8. The number of carbonyl (C=O) groups excluding carboxylic acids is 1. The molecule has 3 nitrogen and oxygen atoms in total. The third kappa shape index (κ3) is 5.53. The van der Waals surface area contributed by atoms with E-state index in [1.165, 1.54) is 0 Å². The van der Waals surface area contributed by atoms with Crippen LogP contribution >= 0.6 is 0 Å². The van der Waals surface area contributed by atoms with Gasteiger partial charge in [0, 0.05) is 11.6 Å². The van der Waals surface area contributed by atoms with E-state index in [4.69, 9.17) is 0 Å². The van der Waals surface area contributed by atoms with Gasteiger partial charge in [-0.2, -0.15) is 0 Å². The van der Waals surface area contributed by atoms with Crippen LogP contribution in [0.3, 0.4) is 0 Å². The maximum atomic E-state index is 11.8. The van der Waals surface area contributed by atoms with Crippen molar-refractivity contribution in [2.75, 3.05) is 6.54 Å². The van der Waals surface area contributed by atoms with E-state index >= 15 is 0 Å². The molecule has 0 aliphatic heterocycles. The van der Waals surface area contributed by atoms with E-state index in [-0.39, 0.29) is 11.4 Å². The average molecular weight is 242 g/mol. The number of rotatable bonds is 9. The minimum Gasteiger partial charge on any atom is -0.352 e. The van der Waals surface area contributed by atoms with Crippen molar-refractivity contribution in [2.45, 2.75) is 78.3 Å². The van der Waals surface area contributed by atoms with Crippen molar-refractivity contribution >= 4 is 5.91 Å². The second-order valence-electron chi connectivity index (χ2n) is 4.78. The number of hydrogen-bond acceptors (Lipinski definition) is 2. The van der Waals surface area contributed by atoms with Crippen LogP contribution in [0.5, 0.6) is 0 Å². The first-order valence-corrected chi connectivity index (χ1v) is 7.11. The van der Waals surface area contributed by atoms with Crippen LogP contribution in [0.1, 0.15) is 66.7 Å². The zero-order chi connectivity index (χ0) is 13.3. The van der Waals surface area contributed by atoms with E-state index in [0.717, 1.165) is 32.1 Å². The van der Waals surface area contributed by atoms with E-state index < -0.39 is 0 Å². The fraction of sp³-hybridized carbons (Fsp3) is 0.929. The zero-order valence-corrected chi connectivity index (χ0v) is 12.2. The van der Waals surface area contributed by atoms with Gasteiger partial charge in [-0.15, -0.1) is 0 Å². The molecule has 1 amide bonds. The summed E-state index contributed by atoms with van der Waals surface area (Å²) in [5.74, 6) is 0.124. The maximum Gasteiger partial charge on any atom is 0.234 e. The molecule has 0 unspecified atom stereocenters. The Balaban J connectivity index is 4.13. The van der Waals surface area contributed by atoms with Gasteiger partial charge in [0.2, 0.25) is 5.91 Å². The SMILES string of the molecule is CCC(CC)NC(=O)CNC(CC)(CC)CC. The van der Waals surface area contributed by atoms with Crippen molar-refractivity contribution in [3.8, 4) is 0 Å². The monoisotopic (exact) mass is 242 g/mol. The van der Waals surface area contributed by atoms with Crippen molar-refractivity contribution in [2.24, 2.45) is 0 Å². The quantitative estimate of drug-likeness (QED) is 0.653. The molecule has 0 aromatic heterocycles. The molecule has 0 atom stereocenters. The molecule has 0 radical (unpaired) electrons. The van der Waals surface area contributed by atoms with Gasteiger partial charge in [0.1, 0.15) is 0 Å². The third-order valence-electron chi connectivity index (χ3n) is 4.00. The molecule has 0 rings (SSSR count). The molecular formula is C14H30N2O. The summed E-state index contributed by atoms with van der Waals surface area (Å²) in [5, 5.41) is 6.48. The molecule has 0 bridgehead atoms. The first-order valence-electron chi connectivity index (χ1n) is 7.11. The zero-order valence-electron chi connectivity index (χ0n) is 12.2. The van der Waals surface area contributed by atoms with Gasteiger partial charge in [-0.25, -0.2) is 0 Å². The second kappa shape index (κ2) is 8.51. The highest BCUT2D eigenvalue weighted by Crippen LogP contribution is 2.18. The van der Waals surface area contributed by atoms with Crippen LogP contribution in [-0.2, 0) is 4.79 Å². The van der Waals surface area contributed by atoms with Gasteiger partial charge in [-0.3, -0.25) is 4.79 Å². The molecule has 0 aromatic carbocycles. The molecule has 0 saturated heterocycles. The molecule has 0 heterocycles. The summed E-state index contributed by atoms with van der Waals surface area (Å²) in [5.41, 5.74) is 0.130. The Hall–Kier alpha value is -0.570. The summed E-state index contributed by atoms with van der Waals surface area (Å²) in [4.78, 5) is 11.8. The Morgan fingerprint density at radius 1 is 1.00 bits per heavy atom. The average Bonchev–Trinajstić information content (AvgIpc) is 2.38. The van der Waals surface area contributed by atoms with Crippen LogP contribution in [-0.4, -0.2) is 24.0 Å². The molecule has 17 heavy (non-hydrogen) atoms. The highest BCUT2D eigenvalue weighted by molar-refractivity contribution is 5.78. The Morgan fingerprint density at radius 3 is 1.82 bits per heavy atom. The summed E-state index contributed by atoms with van der Waals surface area (Å²) >= 11 is 0. The lowest BCUT2D eigenvalue weighted by molar-refractivity contribution is -0.121. The van der Waals surface area contributed by atoms with Crippen molar-refractivity contribution < 1.29 is 4.79 Å². The van der Waals surface area contributed by atoms with Gasteiger partial charge in [0.25, 0.3) is 0 Å².